The highest BCUT2D eigenvalue weighted by Gasteiger charge is 2.26. The van der Waals surface area contributed by atoms with E-state index in [0.29, 0.717) is 50.7 Å². The van der Waals surface area contributed by atoms with Gasteiger partial charge in [-0.3, -0.25) is 0 Å². The third kappa shape index (κ3) is 5.28. The number of nitrogens with zero attached hydrogens (tertiary/aromatic N) is 4. The molecular weight excluding hydrogens is 476 g/mol. The Kier molecular flexibility index (Phi) is 7.76. The highest BCUT2D eigenvalue weighted by atomic mass is 16.5. The molecule has 2 heterocycles. The van der Waals surface area contributed by atoms with Gasteiger partial charge in [-0.05, 0) is 44.5 Å². The van der Waals surface area contributed by atoms with E-state index in [1.165, 1.54) is 0 Å². The second kappa shape index (κ2) is 11.2. The summed E-state index contributed by atoms with van der Waals surface area (Å²) in [7, 11) is 4.71. The molecule has 2 aromatic carbocycles. The molecule has 2 aromatic heterocycles. The van der Waals surface area contributed by atoms with Gasteiger partial charge in [0.05, 0.1) is 57.4 Å². The van der Waals surface area contributed by atoms with Crippen LogP contribution in [-0.4, -0.2) is 59.8 Å². The van der Waals surface area contributed by atoms with Crippen molar-refractivity contribution >= 4 is 16.9 Å². The molecule has 10 heteroatoms. The fourth-order valence-electron chi connectivity index (χ4n) is 4.13. The van der Waals surface area contributed by atoms with E-state index in [1.54, 1.807) is 51.5 Å². The zero-order valence-electron chi connectivity index (χ0n) is 21.8. The monoisotopic (exact) mass is 506 g/mol. The van der Waals surface area contributed by atoms with Crippen LogP contribution in [0, 0.1) is 0 Å². The van der Waals surface area contributed by atoms with Gasteiger partial charge < -0.3 is 28.3 Å². The van der Waals surface area contributed by atoms with Crippen molar-refractivity contribution in [3.05, 3.63) is 54.2 Å². The molecule has 37 heavy (non-hydrogen) atoms. The SMILES string of the molecule is CCOC(=O)c1c(Cn2cnnc2)nc2cc(OC)c(OC)cc2c1-c1ccc(OC)c(OC(C)C)c1. The van der Waals surface area contributed by atoms with Crippen molar-refractivity contribution in [1.29, 1.82) is 0 Å². The van der Waals surface area contributed by atoms with Gasteiger partial charge in [0.2, 0.25) is 0 Å². The van der Waals surface area contributed by atoms with E-state index in [0.717, 1.165) is 5.56 Å². The molecule has 0 fully saturated rings. The van der Waals surface area contributed by atoms with Gasteiger partial charge in [0.1, 0.15) is 12.7 Å². The number of hydrogen-bond acceptors (Lipinski definition) is 9. The summed E-state index contributed by atoms with van der Waals surface area (Å²) in [6.45, 7) is 6.10. The number of aromatic nitrogens is 4. The molecule has 0 radical (unpaired) electrons. The van der Waals surface area contributed by atoms with Crippen molar-refractivity contribution in [2.24, 2.45) is 0 Å². The lowest BCUT2D eigenvalue weighted by molar-refractivity contribution is 0.0525. The van der Waals surface area contributed by atoms with Gasteiger partial charge in [0.25, 0.3) is 0 Å². The minimum atomic E-state index is -0.494. The Hall–Kier alpha value is -4.34. The zero-order valence-corrected chi connectivity index (χ0v) is 21.8. The Morgan fingerprint density at radius 1 is 0.919 bits per heavy atom. The maximum Gasteiger partial charge on any atom is 0.340 e. The van der Waals surface area contributed by atoms with E-state index < -0.39 is 5.97 Å². The Balaban J connectivity index is 2.10. The molecule has 10 nitrogen and oxygen atoms in total. The fraction of sp³-hybridized carbons (Fsp3) is 0.333. The largest absolute Gasteiger partial charge is 0.493 e. The molecular formula is C27H30N4O6. The van der Waals surface area contributed by atoms with Crippen molar-refractivity contribution in [2.75, 3.05) is 27.9 Å². The Morgan fingerprint density at radius 3 is 2.22 bits per heavy atom. The number of hydrogen-bond donors (Lipinski definition) is 0. The quantitative estimate of drug-likeness (QED) is 0.287. The third-order valence-corrected chi connectivity index (χ3v) is 5.66. The fourth-order valence-corrected chi connectivity index (χ4v) is 4.13. The average Bonchev–Trinajstić information content (AvgIpc) is 3.40. The second-order valence-electron chi connectivity index (χ2n) is 8.42. The van der Waals surface area contributed by atoms with E-state index >= 15 is 0 Å². The van der Waals surface area contributed by atoms with Gasteiger partial charge >= 0.3 is 5.97 Å². The van der Waals surface area contributed by atoms with Crippen LogP contribution in [0.25, 0.3) is 22.0 Å². The number of carbonyl (C=O) groups is 1. The Morgan fingerprint density at radius 2 is 1.59 bits per heavy atom. The maximum atomic E-state index is 13.5. The van der Waals surface area contributed by atoms with E-state index in [2.05, 4.69) is 10.2 Å². The van der Waals surface area contributed by atoms with Crippen LogP contribution >= 0.6 is 0 Å². The molecule has 4 aromatic rings. The smallest absolute Gasteiger partial charge is 0.340 e. The van der Waals surface area contributed by atoms with Crippen molar-refractivity contribution in [2.45, 2.75) is 33.4 Å². The molecule has 194 valence electrons. The number of pyridine rings is 1. The van der Waals surface area contributed by atoms with Gasteiger partial charge in [0.15, 0.2) is 23.0 Å². The number of fused-ring (bicyclic) bond motifs is 1. The first-order valence-corrected chi connectivity index (χ1v) is 11.8. The normalized spacial score (nSPS) is 11.0. The zero-order chi connectivity index (χ0) is 26.5. The Labute approximate surface area is 215 Å². The number of methoxy groups -OCH3 is 3. The molecule has 0 spiro atoms. The van der Waals surface area contributed by atoms with Crippen LogP contribution < -0.4 is 18.9 Å². The van der Waals surface area contributed by atoms with Crippen LogP contribution in [0.1, 0.15) is 36.8 Å². The summed E-state index contributed by atoms with van der Waals surface area (Å²) in [4.78, 5) is 18.3. The summed E-state index contributed by atoms with van der Waals surface area (Å²) >= 11 is 0. The maximum absolute atomic E-state index is 13.5. The van der Waals surface area contributed by atoms with Gasteiger partial charge in [-0.2, -0.15) is 0 Å². The number of rotatable bonds is 10. The average molecular weight is 507 g/mol. The third-order valence-electron chi connectivity index (χ3n) is 5.66. The second-order valence-corrected chi connectivity index (χ2v) is 8.42. The standard InChI is InChI=1S/C27H30N4O6/c1-7-36-27(32)26-20(13-31-14-28-29-15-31)30-19-12-23(35-6)22(34-5)11-18(19)25(26)17-8-9-21(33-4)24(10-17)37-16(2)3/h8-12,14-16H,7,13H2,1-6H3. The predicted molar refractivity (Wildman–Crippen MR) is 138 cm³/mol. The minimum absolute atomic E-state index is 0.0866. The van der Waals surface area contributed by atoms with E-state index in [-0.39, 0.29) is 19.3 Å². The van der Waals surface area contributed by atoms with Crippen LogP contribution in [-0.2, 0) is 11.3 Å². The molecule has 4 rings (SSSR count). The first kappa shape index (κ1) is 25.7. The molecule has 0 atom stereocenters. The lowest BCUT2D eigenvalue weighted by Gasteiger charge is -2.20. The van der Waals surface area contributed by atoms with Gasteiger partial charge in [-0.25, -0.2) is 9.78 Å². The first-order valence-electron chi connectivity index (χ1n) is 11.8. The summed E-state index contributed by atoms with van der Waals surface area (Å²) in [6.07, 6.45) is 3.05. The molecule has 0 unspecified atom stereocenters. The van der Waals surface area contributed by atoms with Crippen LogP contribution in [0.4, 0.5) is 0 Å². The highest BCUT2D eigenvalue weighted by molar-refractivity contribution is 6.08. The van der Waals surface area contributed by atoms with Crippen LogP contribution in [0.15, 0.2) is 43.0 Å². The molecule has 0 bridgehead atoms. The van der Waals surface area contributed by atoms with Crippen LogP contribution in [0.3, 0.4) is 0 Å². The van der Waals surface area contributed by atoms with E-state index in [1.807, 2.05) is 38.1 Å². The van der Waals surface area contributed by atoms with Gasteiger partial charge in [-0.15, -0.1) is 10.2 Å². The van der Waals surface area contributed by atoms with E-state index in [4.69, 9.17) is 28.7 Å². The lowest BCUT2D eigenvalue weighted by Crippen LogP contribution is -2.15. The van der Waals surface area contributed by atoms with Crippen LogP contribution in [0.5, 0.6) is 23.0 Å². The van der Waals surface area contributed by atoms with Crippen molar-refractivity contribution in [1.82, 2.24) is 19.7 Å². The number of ether oxygens (including phenoxy) is 5. The molecule has 0 aliphatic carbocycles. The van der Waals surface area contributed by atoms with Crippen molar-refractivity contribution in [3.8, 4) is 34.1 Å². The summed E-state index contributed by atoms with van der Waals surface area (Å²) in [6, 6.07) is 9.15. The highest BCUT2D eigenvalue weighted by Crippen LogP contribution is 2.42. The molecule has 0 aliphatic heterocycles. The van der Waals surface area contributed by atoms with Crippen molar-refractivity contribution < 1.29 is 28.5 Å². The summed E-state index contributed by atoms with van der Waals surface area (Å²) < 4.78 is 29.9. The Bertz CT molecular complexity index is 1400. The molecule has 0 saturated heterocycles. The summed E-state index contributed by atoms with van der Waals surface area (Å²) in [5.74, 6) is 1.66. The van der Waals surface area contributed by atoms with Crippen molar-refractivity contribution in [3.63, 3.8) is 0 Å². The molecule has 0 amide bonds. The number of carbonyl (C=O) groups excluding carboxylic acids is 1. The lowest BCUT2D eigenvalue weighted by atomic mass is 9.93. The van der Waals surface area contributed by atoms with Crippen LogP contribution in [0.2, 0.25) is 0 Å². The minimum Gasteiger partial charge on any atom is -0.493 e. The number of benzene rings is 2. The molecule has 0 N–H and O–H groups in total. The summed E-state index contributed by atoms with van der Waals surface area (Å²) in [5, 5.41) is 8.45. The number of esters is 1. The predicted octanol–water partition coefficient (Wildman–Crippen LogP) is 4.53. The van der Waals surface area contributed by atoms with E-state index in [9.17, 15) is 4.79 Å². The van der Waals surface area contributed by atoms with Gasteiger partial charge in [-0.1, -0.05) is 6.07 Å². The topological polar surface area (TPSA) is 107 Å². The molecule has 0 aliphatic rings. The first-order chi connectivity index (χ1) is 17.9. The summed E-state index contributed by atoms with van der Waals surface area (Å²) in [5.41, 5.74) is 2.80. The van der Waals surface area contributed by atoms with Gasteiger partial charge in [0, 0.05) is 17.0 Å². The molecule has 0 saturated carbocycles.